The monoisotopic (exact) mass is 364 g/mol. The Morgan fingerprint density at radius 1 is 1.33 bits per heavy atom. The number of aromatic nitrogens is 2. The molecule has 0 bridgehead atoms. The zero-order valence-electron chi connectivity index (χ0n) is 10.7. The highest BCUT2D eigenvalue weighted by Gasteiger charge is 2.09. The van der Waals surface area contributed by atoms with Gasteiger partial charge < -0.3 is 4.74 Å². The highest BCUT2D eigenvalue weighted by molar-refractivity contribution is 9.10. The van der Waals surface area contributed by atoms with E-state index >= 15 is 0 Å². The zero-order valence-corrected chi connectivity index (χ0v) is 13.1. The van der Waals surface area contributed by atoms with Crippen LogP contribution in [0.4, 0.5) is 0 Å². The summed E-state index contributed by atoms with van der Waals surface area (Å²) < 4.78 is 7.51. The fraction of sp³-hybridized carbons (Fsp3) is 0.0714. The summed E-state index contributed by atoms with van der Waals surface area (Å²) in [6.45, 7) is -0.0292. The van der Waals surface area contributed by atoms with Gasteiger partial charge in [-0.15, -0.1) is 11.3 Å². The van der Waals surface area contributed by atoms with Crippen molar-refractivity contribution in [3.8, 4) is 0 Å². The second kappa shape index (κ2) is 5.79. The smallest absolute Gasteiger partial charge is 0.338 e. The standard InChI is InChI=1S/C14H9BrN2O3S/c15-10-3-1-9(2-4-10)13(19)20-8-11-7-12(18)17-5-6-21-14(17)16-11/h1-7H,8H2. The molecule has 3 aromatic rings. The average Bonchev–Trinajstić information content (AvgIpc) is 2.94. The van der Waals surface area contributed by atoms with Gasteiger partial charge in [-0.05, 0) is 24.3 Å². The third kappa shape index (κ3) is 3.03. The number of carbonyl (C=O) groups is 1. The molecule has 0 N–H and O–H groups in total. The van der Waals surface area contributed by atoms with Crippen LogP contribution < -0.4 is 5.56 Å². The van der Waals surface area contributed by atoms with Gasteiger partial charge >= 0.3 is 5.97 Å². The van der Waals surface area contributed by atoms with Gasteiger partial charge in [-0.1, -0.05) is 15.9 Å². The molecule has 0 atom stereocenters. The van der Waals surface area contributed by atoms with Crippen LogP contribution in [0.1, 0.15) is 16.1 Å². The SMILES string of the molecule is O=C(OCc1cc(=O)n2ccsc2n1)c1ccc(Br)cc1. The maximum Gasteiger partial charge on any atom is 0.338 e. The quantitative estimate of drug-likeness (QED) is 0.670. The van der Waals surface area contributed by atoms with E-state index in [2.05, 4.69) is 20.9 Å². The Labute approximate surface area is 132 Å². The molecule has 7 heteroatoms. The molecule has 0 unspecified atom stereocenters. The largest absolute Gasteiger partial charge is 0.456 e. The van der Waals surface area contributed by atoms with Gasteiger partial charge in [0.1, 0.15) is 6.61 Å². The number of ether oxygens (including phenoxy) is 1. The highest BCUT2D eigenvalue weighted by Crippen LogP contribution is 2.12. The lowest BCUT2D eigenvalue weighted by Gasteiger charge is -2.04. The van der Waals surface area contributed by atoms with E-state index < -0.39 is 5.97 Å². The fourth-order valence-corrected chi connectivity index (χ4v) is 2.77. The minimum absolute atomic E-state index is 0.0292. The van der Waals surface area contributed by atoms with Gasteiger partial charge in [0.2, 0.25) is 0 Å². The number of fused-ring (bicyclic) bond motifs is 1. The summed E-state index contributed by atoms with van der Waals surface area (Å²) in [6, 6.07) is 8.22. The number of esters is 1. The zero-order chi connectivity index (χ0) is 14.8. The predicted octanol–water partition coefficient (Wildman–Crippen LogP) is 2.88. The lowest BCUT2D eigenvalue weighted by Crippen LogP contribution is -2.14. The first-order valence-corrected chi connectivity index (χ1v) is 7.69. The van der Waals surface area contributed by atoms with Gasteiger partial charge in [-0.25, -0.2) is 9.78 Å². The molecule has 0 aliphatic heterocycles. The maximum absolute atomic E-state index is 11.9. The lowest BCUT2D eigenvalue weighted by molar-refractivity contribution is 0.0468. The van der Waals surface area contributed by atoms with E-state index in [4.69, 9.17) is 4.74 Å². The number of hydrogen-bond acceptors (Lipinski definition) is 5. The molecule has 0 amide bonds. The Hall–Kier alpha value is -1.99. The van der Waals surface area contributed by atoms with Crippen LogP contribution in [0.5, 0.6) is 0 Å². The summed E-state index contributed by atoms with van der Waals surface area (Å²) in [6.07, 6.45) is 1.66. The Kier molecular flexibility index (Phi) is 3.85. The summed E-state index contributed by atoms with van der Waals surface area (Å²) in [4.78, 5) is 28.5. The number of nitrogens with zero attached hydrogens (tertiary/aromatic N) is 2. The lowest BCUT2D eigenvalue weighted by atomic mass is 10.2. The van der Waals surface area contributed by atoms with Crippen molar-refractivity contribution >= 4 is 38.2 Å². The molecule has 2 heterocycles. The van der Waals surface area contributed by atoms with E-state index in [0.29, 0.717) is 16.2 Å². The number of rotatable bonds is 3. The third-order valence-electron chi connectivity index (χ3n) is 2.79. The van der Waals surface area contributed by atoms with Crippen LogP contribution in [0.3, 0.4) is 0 Å². The Morgan fingerprint density at radius 2 is 2.10 bits per heavy atom. The van der Waals surface area contributed by atoms with Crippen LogP contribution in [0.25, 0.3) is 4.96 Å². The third-order valence-corrected chi connectivity index (χ3v) is 4.07. The molecule has 5 nitrogen and oxygen atoms in total. The van der Waals surface area contributed by atoms with Gasteiger partial charge in [0.05, 0.1) is 11.3 Å². The van der Waals surface area contributed by atoms with E-state index in [1.165, 1.54) is 21.8 Å². The summed E-state index contributed by atoms with van der Waals surface area (Å²) in [7, 11) is 0. The van der Waals surface area contributed by atoms with Crippen LogP contribution in [0.2, 0.25) is 0 Å². The molecule has 1 aromatic carbocycles. The van der Waals surface area contributed by atoms with Gasteiger partial charge in [0.15, 0.2) is 4.96 Å². The first-order chi connectivity index (χ1) is 10.1. The normalized spacial score (nSPS) is 10.7. The minimum atomic E-state index is -0.448. The molecule has 2 aromatic heterocycles. The van der Waals surface area contributed by atoms with E-state index in [-0.39, 0.29) is 12.2 Å². The van der Waals surface area contributed by atoms with Crippen molar-refractivity contribution in [2.24, 2.45) is 0 Å². The van der Waals surface area contributed by atoms with Crippen molar-refractivity contribution in [2.75, 3.05) is 0 Å². The van der Waals surface area contributed by atoms with Crippen molar-refractivity contribution in [1.82, 2.24) is 9.38 Å². The van der Waals surface area contributed by atoms with Crippen LogP contribution >= 0.6 is 27.3 Å². The Bertz CT molecular complexity index is 855. The number of hydrogen-bond donors (Lipinski definition) is 0. The van der Waals surface area contributed by atoms with Gasteiger partial charge in [-0.3, -0.25) is 9.20 Å². The van der Waals surface area contributed by atoms with Crippen molar-refractivity contribution in [3.63, 3.8) is 0 Å². The molecule has 3 rings (SSSR count). The molecular weight excluding hydrogens is 356 g/mol. The maximum atomic E-state index is 11.9. The highest BCUT2D eigenvalue weighted by atomic mass is 79.9. The van der Waals surface area contributed by atoms with E-state index in [0.717, 1.165) is 4.47 Å². The summed E-state index contributed by atoms with van der Waals surface area (Å²) in [5.41, 5.74) is 0.705. The summed E-state index contributed by atoms with van der Waals surface area (Å²) in [5, 5.41) is 1.78. The van der Waals surface area contributed by atoms with Crippen molar-refractivity contribution in [2.45, 2.75) is 6.61 Å². The van der Waals surface area contributed by atoms with E-state index in [1.807, 2.05) is 0 Å². The number of carbonyl (C=O) groups excluding carboxylic acids is 1. The molecule has 0 fully saturated rings. The molecule has 0 saturated heterocycles. The number of thiazole rings is 1. The average molecular weight is 365 g/mol. The van der Waals surface area contributed by atoms with Gasteiger partial charge in [0.25, 0.3) is 5.56 Å². The van der Waals surface area contributed by atoms with Crippen LogP contribution in [-0.2, 0) is 11.3 Å². The fourth-order valence-electron chi connectivity index (χ4n) is 1.77. The molecule has 0 saturated carbocycles. The molecule has 0 spiro atoms. The molecule has 21 heavy (non-hydrogen) atoms. The summed E-state index contributed by atoms with van der Waals surface area (Å²) >= 11 is 4.65. The first kappa shape index (κ1) is 14.0. The first-order valence-electron chi connectivity index (χ1n) is 6.02. The van der Waals surface area contributed by atoms with Gasteiger partial charge in [-0.2, -0.15) is 0 Å². The van der Waals surface area contributed by atoms with Crippen molar-refractivity contribution in [3.05, 3.63) is 68.0 Å². The second-order valence-electron chi connectivity index (χ2n) is 4.22. The molecule has 0 aliphatic rings. The summed E-state index contributed by atoms with van der Waals surface area (Å²) in [5.74, 6) is -0.448. The molecular formula is C14H9BrN2O3S. The second-order valence-corrected chi connectivity index (χ2v) is 6.01. The Morgan fingerprint density at radius 3 is 2.86 bits per heavy atom. The van der Waals surface area contributed by atoms with Crippen molar-refractivity contribution < 1.29 is 9.53 Å². The van der Waals surface area contributed by atoms with Crippen LogP contribution in [0, 0.1) is 0 Å². The molecule has 0 radical (unpaired) electrons. The number of benzene rings is 1. The van der Waals surface area contributed by atoms with E-state index in [9.17, 15) is 9.59 Å². The van der Waals surface area contributed by atoms with Crippen molar-refractivity contribution in [1.29, 1.82) is 0 Å². The van der Waals surface area contributed by atoms with Crippen LogP contribution in [0.15, 0.2) is 51.2 Å². The van der Waals surface area contributed by atoms with Crippen LogP contribution in [-0.4, -0.2) is 15.4 Å². The molecule has 106 valence electrons. The predicted molar refractivity (Wildman–Crippen MR) is 82.6 cm³/mol. The molecule has 0 aliphatic carbocycles. The Balaban J connectivity index is 1.75. The van der Waals surface area contributed by atoms with E-state index in [1.54, 1.807) is 35.8 Å². The topological polar surface area (TPSA) is 60.7 Å². The number of halogens is 1. The minimum Gasteiger partial charge on any atom is -0.456 e. The van der Waals surface area contributed by atoms with Gasteiger partial charge in [0, 0.05) is 22.1 Å².